The molecular formula is C7H11NO5. The molecule has 1 saturated heterocycles. The van der Waals surface area contributed by atoms with E-state index in [0.717, 1.165) is 0 Å². The Balaban J connectivity index is 2.41. The fourth-order valence-electron chi connectivity index (χ4n) is 1.19. The van der Waals surface area contributed by atoms with Gasteiger partial charge < -0.3 is 14.9 Å². The van der Waals surface area contributed by atoms with Crippen molar-refractivity contribution < 1.29 is 24.5 Å². The number of nitrogens with zero attached hydrogens (tertiary/aromatic N) is 1. The molecule has 0 spiro atoms. The molecule has 1 aliphatic heterocycles. The molecule has 13 heavy (non-hydrogen) atoms. The molecular weight excluding hydrogens is 178 g/mol. The second-order valence-electron chi connectivity index (χ2n) is 2.83. The van der Waals surface area contributed by atoms with Gasteiger partial charge in [-0.25, -0.2) is 4.79 Å². The summed E-state index contributed by atoms with van der Waals surface area (Å²) in [6, 6.07) is 0. The van der Waals surface area contributed by atoms with Crippen molar-refractivity contribution in [2.75, 3.05) is 26.2 Å². The van der Waals surface area contributed by atoms with Crippen molar-refractivity contribution in [3.63, 3.8) is 0 Å². The van der Waals surface area contributed by atoms with E-state index in [1.54, 1.807) is 4.90 Å². The van der Waals surface area contributed by atoms with E-state index in [2.05, 4.69) is 0 Å². The van der Waals surface area contributed by atoms with Gasteiger partial charge in [0.15, 0.2) is 6.10 Å². The van der Waals surface area contributed by atoms with Gasteiger partial charge in [0, 0.05) is 13.1 Å². The van der Waals surface area contributed by atoms with Gasteiger partial charge >= 0.3 is 11.9 Å². The molecule has 0 radical (unpaired) electrons. The quantitative estimate of drug-likeness (QED) is 0.583. The van der Waals surface area contributed by atoms with Crippen LogP contribution < -0.4 is 0 Å². The van der Waals surface area contributed by atoms with Crippen LogP contribution in [0.25, 0.3) is 0 Å². The molecule has 1 atom stereocenters. The fraction of sp³-hybridized carbons (Fsp3) is 0.714. The molecule has 1 unspecified atom stereocenters. The first-order valence-corrected chi connectivity index (χ1v) is 3.88. The fourth-order valence-corrected chi connectivity index (χ4v) is 1.19. The minimum Gasteiger partial charge on any atom is -0.480 e. The third-order valence-electron chi connectivity index (χ3n) is 1.78. The summed E-state index contributed by atoms with van der Waals surface area (Å²) in [7, 11) is 0. The molecule has 1 heterocycles. The molecule has 0 aromatic carbocycles. The van der Waals surface area contributed by atoms with E-state index >= 15 is 0 Å². The molecule has 6 nitrogen and oxygen atoms in total. The number of morpholine rings is 1. The summed E-state index contributed by atoms with van der Waals surface area (Å²) in [5.41, 5.74) is 0. The van der Waals surface area contributed by atoms with Crippen LogP contribution in [-0.2, 0) is 14.3 Å². The zero-order valence-electron chi connectivity index (χ0n) is 6.97. The lowest BCUT2D eigenvalue weighted by Crippen LogP contribution is -2.47. The van der Waals surface area contributed by atoms with Crippen LogP contribution in [0.2, 0.25) is 0 Å². The second-order valence-corrected chi connectivity index (χ2v) is 2.83. The van der Waals surface area contributed by atoms with Crippen LogP contribution >= 0.6 is 0 Å². The third-order valence-corrected chi connectivity index (χ3v) is 1.78. The summed E-state index contributed by atoms with van der Waals surface area (Å²) >= 11 is 0. The van der Waals surface area contributed by atoms with Gasteiger partial charge in [-0.3, -0.25) is 9.69 Å². The summed E-state index contributed by atoms with van der Waals surface area (Å²) < 4.78 is 4.92. The second kappa shape index (κ2) is 4.20. The SMILES string of the molecule is O=C(O)CN1CCOC(C(=O)O)C1. The first kappa shape index (κ1) is 9.94. The van der Waals surface area contributed by atoms with Crippen molar-refractivity contribution in [3.05, 3.63) is 0 Å². The molecule has 6 heteroatoms. The Bertz CT molecular complexity index is 217. The third kappa shape index (κ3) is 3.00. The van der Waals surface area contributed by atoms with Crippen LogP contribution in [0, 0.1) is 0 Å². The Morgan fingerprint density at radius 2 is 2.15 bits per heavy atom. The minimum absolute atomic E-state index is 0.132. The normalized spacial score (nSPS) is 24.2. The van der Waals surface area contributed by atoms with Crippen molar-refractivity contribution in [1.82, 2.24) is 4.90 Å². The summed E-state index contributed by atoms with van der Waals surface area (Å²) in [6.45, 7) is 0.745. The lowest BCUT2D eigenvalue weighted by Gasteiger charge is -2.29. The van der Waals surface area contributed by atoms with Gasteiger partial charge in [0.05, 0.1) is 13.2 Å². The van der Waals surface area contributed by atoms with Gasteiger partial charge in [-0.15, -0.1) is 0 Å². The van der Waals surface area contributed by atoms with Gasteiger partial charge in [-0.2, -0.15) is 0 Å². The Hall–Kier alpha value is -1.14. The zero-order chi connectivity index (χ0) is 9.84. The molecule has 2 N–H and O–H groups in total. The van der Waals surface area contributed by atoms with Crippen LogP contribution in [0.15, 0.2) is 0 Å². The predicted molar refractivity (Wildman–Crippen MR) is 41.5 cm³/mol. The minimum atomic E-state index is -1.05. The van der Waals surface area contributed by atoms with Gasteiger partial charge in [0.2, 0.25) is 0 Å². The maximum absolute atomic E-state index is 10.5. The maximum Gasteiger partial charge on any atom is 0.334 e. The summed E-state index contributed by atoms with van der Waals surface area (Å²) in [6.07, 6.45) is -0.895. The van der Waals surface area contributed by atoms with E-state index < -0.39 is 18.0 Å². The first-order chi connectivity index (χ1) is 6.09. The average molecular weight is 189 g/mol. The molecule has 0 saturated carbocycles. The summed E-state index contributed by atoms with van der Waals surface area (Å²) in [5, 5.41) is 17.1. The van der Waals surface area contributed by atoms with E-state index in [9.17, 15) is 9.59 Å². The van der Waals surface area contributed by atoms with Gasteiger partial charge in [-0.1, -0.05) is 0 Å². The molecule has 0 aromatic heterocycles. The number of ether oxygens (including phenoxy) is 1. The number of carbonyl (C=O) groups is 2. The van der Waals surface area contributed by atoms with Crippen LogP contribution in [0.5, 0.6) is 0 Å². The lowest BCUT2D eigenvalue weighted by molar-refractivity contribution is -0.158. The van der Waals surface area contributed by atoms with E-state index in [4.69, 9.17) is 14.9 Å². The smallest absolute Gasteiger partial charge is 0.334 e. The van der Waals surface area contributed by atoms with Crippen LogP contribution in [0.3, 0.4) is 0 Å². The standard InChI is InChI=1S/C7H11NO5/c9-6(10)4-8-1-2-13-5(3-8)7(11)12/h5H,1-4H2,(H,9,10)(H,11,12). The Morgan fingerprint density at radius 3 is 2.69 bits per heavy atom. The topological polar surface area (TPSA) is 87.1 Å². The van der Waals surface area contributed by atoms with Crippen LogP contribution in [0.1, 0.15) is 0 Å². The maximum atomic E-state index is 10.5. The average Bonchev–Trinajstić information content (AvgIpc) is 2.03. The Morgan fingerprint density at radius 1 is 1.46 bits per heavy atom. The highest BCUT2D eigenvalue weighted by molar-refractivity contribution is 5.73. The van der Waals surface area contributed by atoms with Crippen molar-refractivity contribution in [2.45, 2.75) is 6.10 Å². The number of carboxylic acids is 2. The van der Waals surface area contributed by atoms with E-state index in [0.29, 0.717) is 6.54 Å². The van der Waals surface area contributed by atoms with Crippen LogP contribution in [0.4, 0.5) is 0 Å². The van der Waals surface area contributed by atoms with Crippen molar-refractivity contribution in [1.29, 1.82) is 0 Å². The summed E-state index contributed by atoms with van der Waals surface area (Å²) in [5.74, 6) is -2.00. The zero-order valence-corrected chi connectivity index (χ0v) is 6.97. The molecule has 74 valence electrons. The predicted octanol–water partition coefficient (Wildman–Crippen LogP) is -1.14. The molecule has 0 amide bonds. The number of hydrogen-bond acceptors (Lipinski definition) is 4. The highest BCUT2D eigenvalue weighted by Crippen LogP contribution is 2.04. The number of aliphatic carboxylic acids is 2. The Labute approximate surface area is 74.7 Å². The van der Waals surface area contributed by atoms with Gasteiger partial charge in [0.25, 0.3) is 0 Å². The first-order valence-electron chi connectivity index (χ1n) is 3.88. The number of carboxylic acid groups (broad SMARTS) is 2. The Kier molecular flexibility index (Phi) is 3.21. The molecule has 0 bridgehead atoms. The lowest BCUT2D eigenvalue weighted by atomic mass is 10.3. The van der Waals surface area contributed by atoms with E-state index in [-0.39, 0.29) is 19.7 Å². The van der Waals surface area contributed by atoms with Gasteiger partial charge in [-0.05, 0) is 0 Å². The molecule has 0 aromatic rings. The monoisotopic (exact) mass is 189 g/mol. The number of rotatable bonds is 3. The highest BCUT2D eigenvalue weighted by atomic mass is 16.5. The van der Waals surface area contributed by atoms with Crippen molar-refractivity contribution in [2.24, 2.45) is 0 Å². The molecule has 0 aliphatic carbocycles. The molecule has 1 rings (SSSR count). The number of hydrogen-bond donors (Lipinski definition) is 2. The molecule has 1 fully saturated rings. The largest absolute Gasteiger partial charge is 0.480 e. The van der Waals surface area contributed by atoms with Crippen LogP contribution in [-0.4, -0.2) is 59.4 Å². The van der Waals surface area contributed by atoms with Crippen molar-refractivity contribution in [3.8, 4) is 0 Å². The van der Waals surface area contributed by atoms with E-state index in [1.807, 2.05) is 0 Å². The van der Waals surface area contributed by atoms with Crippen molar-refractivity contribution >= 4 is 11.9 Å². The summed E-state index contributed by atoms with van der Waals surface area (Å²) in [4.78, 5) is 22.3. The highest BCUT2D eigenvalue weighted by Gasteiger charge is 2.26. The van der Waals surface area contributed by atoms with Gasteiger partial charge in [0.1, 0.15) is 0 Å². The molecule has 1 aliphatic rings. The van der Waals surface area contributed by atoms with E-state index in [1.165, 1.54) is 0 Å².